The topological polar surface area (TPSA) is 71.1 Å². The number of piperidine rings is 1. The van der Waals surface area contributed by atoms with Crippen molar-refractivity contribution in [3.05, 3.63) is 30.1 Å². The molecule has 0 bridgehead atoms. The monoisotopic (exact) mass is 283 g/mol. The van der Waals surface area contributed by atoms with E-state index in [0.717, 1.165) is 25.9 Å². The number of nitrogens with one attached hydrogen (secondary N) is 2. The Kier molecular flexibility index (Phi) is 4.90. The van der Waals surface area contributed by atoms with Gasteiger partial charge in [0.15, 0.2) is 0 Å². The van der Waals surface area contributed by atoms with E-state index in [2.05, 4.69) is 15.0 Å². The van der Waals surface area contributed by atoms with Gasteiger partial charge in [-0.25, -0.2) is 13.1 Å². The van der Waals surface area contributed by atoms with Crippen molar-refractivity contribution in [3.8, 4) is 0 Å². The van der Waals surface area contributed by atoms with Gasteiger partial charge in [0, 0.05) is 12.7 Å². The molecule has 1 saturated heterocycles. The lowest BCUT2D eigenvalue weighted by Gasteiger charge is -2.23. The van der Waals surface area contributed by atoms with Gasteiger partial charge in [-0.1, -0.05) is 6.07 Å². The van der Waals surface area contributed by atoms with Crippen molar-refractivity contribution in [1.29, 1.82) is 0 Å². The molecular weight excluding hydrogens is 262 g/mol. The van der Waals surface area contributed by atoms with Crippen LogP contribution in [0.1, 0.15) is 30.7 Å². The first kappa shape index (κ1) is 14.4. The van der Waals surface area contributed by atoms with Gasteiger partial charge >= 0.3 is 0 Å². The van der Waals surface area contributed by atoms with Crippen molar-refractivity contribution < 1.29 is 8.42 Å². The maximum Gasteiger partial charge on any atom is 0.219 e. The van der Waals surface area contributed by atoms with Gasteiger partial charge in [0.2, 0.25) is 10.0 Å². The molecule has 1 aromatic heterocycles. The summed E-state index contributed by atoms with van der Waals surface area (Å²) >= 11 is 0. The second kappa shape index (κ2) is 6.45. The Morgan fingerprint density at radius 3 is 3.00 bits per heavy atom. The van der Waals surface area contributed by atoms with E-state index in [1.54, 1.807) is 31.3 Å². The molecule has 106 valence electrons. The number of nitrogens with zero attached hydrogens (tertiary/aromatic N) is 1. The highest BCUT2D eigenvalue weighted by Gasteiger charge is 2.24. The molecule has 0 aliphatic carbocycles. The van der Waals surface area contributed by atoms with Gasteiger partial charge in [-0.3, -0.25) is 4.98 Å². The lowest BCUT2D eigenvalue weighted by atomic mass is 10.0. The van der Waals surface area contributed by atoms with Crippen LogP contribution < -0.4 is 10.0 Å². The summed E-state index contributed by atoms with van der Waals surface area (Å²) in [7, 11) is -3.35. The van der Waals surface area contributed by atoms with Gasteiger partial charge in [0.05, 0.1) is 5.69 Å². The summed E-state index contributed by atoms with van der Waals surface area (Å²) in [5.41, 5.74) is 0.580. The van der Waals surface area contributed by atoms with Gasteiger partial charge in [-0.05, 0) is 50.9 Å². The van der Waals surface area contributed by atoms with E-state index < -0.39 is 15.3 Å². The Bertz CT molecular complexity index is 484. The maximum absolute atomic E-state index is 12.2. The minimum atomic E-state index is -3.35. The van der Waals surface area contributed by atoms with E-state index in [1.165, 1.54) is 0 Å². The number of aromatic nitrogens is 1. The zero-order valence-corrected chi connectivity index (χ0v) is 12.0. The molecule has 0 aromatic carbocycles. The Hall–Kier alpha value is -0.980. The van der Waals surface area contributed by atoms with Gasteiger partial charge in [-0.15, -0.1) is 0 Å². The fourth-order valence-corrected chi connectivity index (χ4v) is 3.41. The number of hydrogen-bond acceptors (Lipinski definition) is 4. The first-order valence-corrected chi connectivity index (χ1v) is 8.24. The van der Waals surface area contributed by atoms with E-state index in [-0.39, 0.29) is 0 Å². The summed E-state index contributed by atoms with van der Waals surface area (Å²) in [6, 6.07) is 5.33. The minimum Gasteiger partial charge on any atom is -0.316 e. The summed E-state index contributed by atoms with van der Waals surface area (Å²) < 4.78 is 27.1. The third-order valence-corrected chi connectivity index (χ3v) is 5.28. The van der Waals surface area contributed by atoms with Gasteiger partial charge < -0.3 is 5.32 Å². The predicted molar refractivity (Wildman–Crippen MR) is 75.2 cm³/mol. The predicted octanol–water partition coefficient (Wildman–Crippen LogP) is 1.06. The van der Waals surface area contributed by atoms with Gasteiger partial charge in [0.25, 0.3) is 0 Å². The third-order valence-electron chi connectivity index (χ3n) is 3.54. The Morgan fingerprint density at radius 1 is 1.53 bits per heavy atom. The van der Waals surface area contributed by atoms with Crippen molar-refractivity contribution in [2.45, 2.75) is 25.0 Å². The van der Waals surface area contributed by atoms with E-state index in [1.807, 2.05) is 0 Å². The van der Waals surface area contributed by atoms with Crippen molar-refractivity contribution >= 4 is 10.0 Å². The molecule has 0 radical (unpaired) electrons. The van der Waals surface area contributed by atoms with Gasteiger partial charge in [0.1, 0.15) is 5.25 Å². The molecule has 1 aromatic rings. The van der Waals surface area contributed by atoms with Crippen molar-refractivity contribution in [1.82, 2.24) is 15.0 Å². The molecule has 2 rings (SSSR count). The quantitative estimate of drug-likeness (QED) is 0.848. The van der Waals surface area contributed by atoms with Crippen LogP contribution in [-0.4, -0.2) is 33.0 Å². The second-order valence-corrected chi connectivity index (χ2v) is 7.09. The molecule has 2 unspecified atom stereocenters. The molecule has 2 N–H and O–H groups in total. The molecule has 0 amide bonds. The summed E-state index contributed by atoms with van der Waals surface area (Å²) in [4.78, 5) is 4.11. The minimum absolute atomic E-state index is 0.388. The summed E-state index contributed by atoms with van der Waals surface area (Å²) in [5.74, 6) is 0.388. The van der Waals surface area contributed by atoms with E-state index in [9.17, 15) is 8.42 Å². The highest BCUT2D eigenvalue weighted by atomic mass is 32.2. The third kappa shape index (κ3) is 3.99. The second-order valence-electron chi connectivity index (χ2n) is 5.00. The fourth-order valence-electron chi connectivity index (χ4n) is 2.23. The first-order chi connectivity index (χ1) is 9.09. The lowest BCUT2D eigenvalue weighted by Crippen LogP contribution is -2.39. The molecule has 2 atom stereocenters. The fraction of sp³-hybridized carbons (Fsp3) is 0.615. The summed E-state index contributed by atoms with van der Waals surface area (Å²) in [6.45, 7) is 4.10. The molecule has 1 aliphatic rings. The number of rotatable bonds is 5. The standard InChI is InChI=1S/C13H21N3O2S/c1-11(13-6-2-3-8-15-13)19(17,18)16-10-12-5-4-7-14-9-12/h2-3,6,8,11-12,14,16H,4-5,7,9-10H2,1H3. The molecule has 5 nitrogen and oxygen atoms in total. The highest BCUT2D eigenvalue weighted by Crippen LogP contribution is 2.18. The summed E-state index contributed by atoms with van der Waals surface area (Å²) in [6.07, 6.45) is 3.81. The lowest BCUT2D eigenvalue weighted by molar-refractivity contribution is 0.375. The van der Waals surface area contributed by atoms with Crippen LogP contribution in [0.25, 0.3) is 0 Å². The molecule has 1 fully saturated rings. The zero-order chi connectivity index (χ0) is 13.7. The van der Waals surface area contributed by atoms with Crippen LogP contribution in [0.3, 0.4) is 0 Å². The Balaban J connectivity index is 1.94. The normalized spacial score (nSPS) is 22.1. The average Bonchev–Trinajstić information content (AvgIpc) is 2.46. The molecule has 2 heterocycles. The van der Waals surface area contributed by atoms with Crippen LogP contribution in [0.4, 0.5) is 0 Å². The highest BCUT2D eigenvalue weighted by molar-refractivity contribution is 7.89. The average molecular weight is 283 g/mol. The number of pyridine rings is 1. The van der Waals surface area contributed by atoms with Gasteiger partial charge in [-0.2, -0.15) is 0 Å². The molecule has 19 heavy (non-hydrogen) atoms. The van der Waals surface area contributed by atoms with Crippen LogP contribution in [0, 0.1) is 5.92 Å². The zero-order valence-electron chi connectivity index (χ0n) is 11.2. The maximum atomic E-state index is 12.2. The molecule has 0 spiro atoms. The number of hydrogen-bond donors (Lipinski definition) is 2. The Labute approximate surface area is 114 Å². The molecule has 1 aliphatic heterocycles. The largest absolute Gasteiger partial charge is 0.316 e. The SMILES string of the molecule is CC(c1ccccn1)S(=O)(=O)NCC1CCCNC1. The van der Waals surface area contributed by atoms with Crippen molar-refractivity contribution in [3.63, 3.8) is 0 Å². The van der Waals surface area contributed by atoms with E-state index in [0.29, 0.717) is 18.2 Å². The Morgan fingerprint density at radius 2 is 2.37 bits per heavy atom. The van der Waals surface area contributed by atoms with E-state index in [4.69, 9.17) is 0 Å². The van der Waals surface area contributed by atoms with Crippen LogP contribution in [-0.2, 0) is 10.0 Å². The smallest absolute Gasteiger partial charge is 0.219 e. The van der Waals surface area contributed by atoms with Crippen molar-refractivity contribution in [2.75, 3.05) is 19.6 Å². The molecule has 0 saturated carbocycles. The summed E-state index contributed by atoms with van der Waals surface area (Å²) in [5, 5.41) is 2.66. The van der Waals surface area contributed by atoms with Crippen LogP contribution in [0.2, 0.25) is 0 Å². The van der Waals surface area contributed by atoms with Crippen LogP contribution >= 0.6 is 0 Å². The number of sulfonamides is 1. The van der Waals surface area contributed by atoms with E-state index >= 15 is 0 Å². The van der Waals surface area contributed by atoms with Crippen molar-refractivity contribution in [2.24, 2.45) is 5.92 Å². The van der Waals surface area contributed by atoms with Crippen LogP contribution in [0.5, 0.6) is 0 Å². The first-order valence-electron chi connectivity index (χ1n) is 6.70. The van der Waals surface area contributed by atoms with Crippen LogP contribution in [0.15, 0.2) is 24.4 Å². The molecular formula is C13H21N3O2S. The molecule has 6 heteroatoms.